The molecule has 4 bridgehead atoms. The lowest BCUT2D eigenvalue weighted by Crippen LogP contribution is -2.59. The van der Waals surface area contributed by atoms with Crippen LogP contribution in [0.4, 0.5) is 0 Å². The van der Waals surface area contributed by atoms with Crippen molar-refractivity contribution in [2.45, 2.75) is 85.2 Å². The standard InChI is InChI=1S/C18H32O/c1-5-14(6-2)15(19)18-9-13-7-16(3,11-18)10-17(4,8-13)12-18/h13-15,19H,5-12H2,1-4H3. The van der Waals surface area contributed by atoms with Crippen LogP contribution in [0.1, 0.15) is 79.1 Å². The van der Waals surface area contributed by atoms with Gasteiger partial charge in [0, 0.05) is 0 Å². The highest BCUT2D eigenvalue weighted by Gasteiger charge is 2.62. The van der Waals surface area contributed by atoms with E-state index >= 15 is 0 Å². The Morgan fingerprint density at radius 3 is 1.89 bits per heavy atom. The molecule has 19 heavy (non-hydrogen) atoms. The van der Waals surface area contributed by atoms with Gasteiger partial charge in [0.25, 0.3) is 0 Å². The molecule has 1 heteroatoms. The van der Waals surface area contributed by atoms with Crippen molar-refractivity contribution in [1.29, 1.82) is 0 Å². The van der Waals surface area contributed by atoms with E-state index in [1.54, 1.807) is 0 Å². The zero-order valence-corrected chi connectivity index (χ0v) is 13.3. The van der Waals surface area contributed by atoms with Gasteiger partial charge in [0.2, 0.25) is 0 Å². The first-order chi connectivity index (χ1) is 8.84. The second-order valence-corrected chi connectivity index (χ2v) is 9.01. The summed E-state index contributed by atoms with van der Waals surface area (Å²) in [6.07, 6.45) is 10.4. The molecule has 4 fully saturated rings. The summed E-state index contributed by atoms with van der Waals surface area (Å²) in [5.41, 5.74) is 1.32. The maximum atomic E-state index is 11.1. The van der Waals surface area contributed by atoms with Crippen molar-refractivity contribution in [3.05, 3.63) is 0 Å². The Hall–Kier alpha value is -0.0400. The highest BCUT2D eigenvalue weighted by molar-refractivity contribution is 5.12. The van der Waals surface area contributed by atoms with Crippen LogP contribution in [0.2, 0.25) is 0 Å². The fourth-order valence-electron chi connectivity index (χ4n) is 7.10. The van der Waals surface area contributed by atoms with Gasteiger partial charge in [-0.05, 0) is 66.6 Å². The normalized spacial score (nSPS) is 49.9. The van der Waals surface area contributed by atoms with Gasteiger partial charge < -0.3 is 5.11 Å². The van der Waals surface area contributed by atoms with Crippen LogP contribution in [0.25, 0.3) is 0 Å². The lowest BCUT2D eigenvalue weighted by atomic mass is 9.39. The predicted octanol–water partition coefficient (Wildman–Crippen LogP) is 4.78. The molecule has 0 saturated heterocycles. The molecule has 4 aliphatic rings. The molecule has 3 atom stereocenters. The fourth-order valence-corrected chi connectivity index (χ4v) is 7.10. The zero-order chi connectivity index (χ0) is 13.9. The Kier molecular flexibility index (Phi) is 3.10. The van der Waals surface area contributed by atoms with Crippen molar-refractivity contribution in [2.75, 3.05) is 0 Å². The summed E-state index contributed by atoms with van der Waals surface area (Å²) in [5.74, 6) is 1.42. The van der Waals surface area contributed by atoms with E-state index in [1.807, 2.05) is 0 Å². The summed E-state index contributed by atoms with van der Waals surface area (Å²) in [7, 11) is 0. The first-order valence-corrected chi connectivity index (χ1v) is 8.52. The van der Waals surface area contributed by atoms with Crippen LogP contribution in [0.5, 0.6) is 0 Å². The summed E-state index contributed by atoms with van der Waals surface area (Å²) in [6, 6.07) is 0. The van der Waals surface area contributed by atoms with E-state index in [2.05, 4.69) is 27.7 Å². The first-order valence-electron chi connectivity index (χ1n) is 8.52. The number of aliphatic hydroxyl groups excluding tert-OH is 1. The Morgan fingerprint density at radius 1 is 0.947 bits per heavy atom. The molecule has 4 rings (SSSR count). The summed E-state index contributed by atoms with van der Waals surface area (Å²) < 4.78 is 0. The molecule has 0 aromatic carbocycles. The summed E-state index contributed by atoms with van der Waals surface area (Å²) in [4.78, 5) is 0. The Morgan fingerprint density at radius 2 is 1.47 bits per heavy atom. The molecule has 0 radical (unpaired) electrons. The van der Waals surface area contributed by atoms with Crippen LogP contribution in [0, 0.1) is 28.1 Å². The van der Waals surface area contributed by atoms with Crippen LogP contribution in [0.3, 0.4) is 0 Å². The SMILES string of the molecule is CCC(CC)C(O)C12CC3CC(C)(CC(C)(C3)C1)C2. The van der Waals surface area contributed by atoms with Crippen molar-refractivity contribution in [3.8, 4) is 0 Å². The van der Waals surface area contributed by atoms with E-state index in [9.17, 15) is 5.11 Å². The van der Waals surface area contributed by atoms with E-state index < -0.39 is 0 Å². The van der Waals surface area contributed by atoms with Crippen molar-refractivity contribution in [1.82, 2.24) is 0 Å². The van der Waals surface area contributed by atoms with E-state index in [0.29, 0.717) is 16.7 Å². The topological polar surface area (TPSA) is 20.2 Å². The molecule has 4 saturated carbocycles. The monoisotopic (exact) mass is 264 g/mol. The molecular formula is C18H32O. The van der Waals surface area contributed by atoms with Gasteiger partial charge in [-0.2, -0.15) is 0 Å². The van der Waals surface area contributed by atoms with Gasteiger partial charge in [-0.15, -0.1) is 0 Å². The van der Waals surface area contributed by atoms with Gasteiger partial charge in [-0.1, -0.05) is 40.5 Å². The van der Waals surface area contributed by atoms with Gasteiger partial charge in [-0.25, -0.2) is 0 Å². The van der Waals surface area contributed by atoms with Crippen molar-refractivity contribution < 1.29 is 5.11 Å². The Balaban J connectivity index is 1.92. The van der Waals surface area contributed by atoms with Crippen LogP contribution in [0.15, 0.2) is 0 Å². The van der Waals surface area contributed by atoms with Crippen molar-refractivity contribution in [2.24, 2.45) is 28.1 Å². The highest BCUT2D eigenvalue weighted by Crippen LogP contribution is 2.70. The third kappa shape index (κ3) is 2.07. The molecule has 0 aliphatic heterocycles. The number of hydrogen-bond donors (Lipinski definition) is 1. The van der Waals surface area contributed by atoms with Gasteiger partial charge >= 0.3 is 0 Å². The minimum absolute atomic E-state index is 0.0513. The average Bonchev–Trinajstić information content (AvgIpc) is 2.25. The number of aliphatic hydroxyl groups is 1. The third-order valence-electron chi connectivity index (χ3n) is 6.79. The van der Waals surface area contributed by atoms with Crippen LogP contribution >= 0.6 is 0 Å². The molecule has 0 amide bonds. The van der Waals surface area contributed by atoms with Gasteiger partial charge in [0.05, 0.1) is 6.10 Å². The quantitative estimate of drug-likeness (QED) is 0.774. The first kappa shape index (κ1) is 13.9. The third-order valence-corrected chi connectivity index (χ3v) is 6.79. The fraction of sp³-hybridized carbons (Fsp3) is 1.00. The molecular weight excluding hydrogens is 232 g/mol. The summed E-state index contributed by atoms with van der Waals surface area (Å²) >= 11 is 0. The molecule has 3 unspecified atom stereocenters. The maximum absolute atomic E-state index is 11.1. The second kappa shape index (κ2) is 4.23. The number of hydrogen-bond acceptors (Lipinski definition) is 1. The maximum Gasteiger partial charge on any atom is 0.0624 e. The van der Waals surface area contributed by atoms with Gasteiger partial charge in [0.15, 0.2) is 0 Å². The lowest BCUT2D eigenvalue weighted by Gasteiger charge is -2.67. The summed E-state index contributed by atoms with van der Waals surface area (Å²) in [5, 5.41) is 11.1. The smallest absolute Gasteiger partial charge is 0.0624 e. The molecule has 0 aromatic heterocycles. The van der Waals surface area contributed by atoms with Crippen LogP contribution in [-0.4, -0.2) is 11.2 Å². The lowest BCUT2D eigenvalue weighted by molar-refractivity contribution is -0.196. The minimum atomic E-state index is -0.0513. The second-order valence-electron chi connectivity index (χ2n) is 9.01. The Labute approximate surface area is 119 Å². The van der Waals surface area contributed by atoms with E-state index in [4.69, 9.17) is 0 Å². The van der Waals surface area contributed by atoms with Gasteiger partial charge in [0.1, 0.15) is 0 Å². The minimum Gasteiger partial charge on any atom is -0.392 e. The zero-order valence-electron chi connectivity index (χ0n) is 13.3. The molecule has 1 nitrogen and oxygen atoms in total. The van der Waals surface area contributed by atoms with Gasteiger partial charge in [-0.3, -0.25) is 0 Å². The van der Waals surface area contributed by atoms with E-state index in [1.165, 1.54) is 38.5 Å². The molecule has 110 valence electrons. The molecule has 0 spiro atoms. The van der Waals surface area contributed by atoms with Crippen molar-refractivity contribution >= 4 is 0 Å². The van der Waals surface area contributed by atoms with Crippen molar-refractivity contribution in [3.63, 3.8) is 0 Å². The molecule has 0 aromatic rings. The Bertz CT molecular complexity index is 339. The van der Waals surface area contributed by atoms with Crippen LogP contribution < -0.4 is 0 Å². The van der Waals surface area contributed by atoms with Crippen LogP contribution in [-0.2, 0) is 0 Å². The van der Waals surface area contributed by atoms with E-state index in [0.717, 1.165) is 18.8 Å². The summed E-state index contributed by atoms with van der Waals surface area (Å²) in [6.45, 7) is 9.51. The number of rotatable bonds is 4. The average molecular weight is 264 g/mol. The largest absolute Gasteiger partial charge is 0.392 e. The molecule has 4 aliphatic carbocycles. The highest BCUT2D eigenvalue weighted by atomic mass is 16.3. The molecule has 1 N–H and O–H groups in total. The predicted molar refractivity (Wildman–Crippen MR) is 79.9 cm³/mol. The van der Waals surface area contributed by atoms with E-state index in [-0.39, 0.29) is 11.5 Å². The molecule has 0 heterocycles.